The molecule has 2 N–H and O–H groups in total. The summed E-state index contributed by atoms with van der Waals surface area (Å²) in [7, 11) is 0. The number of rotatable bonds is 2. The van der Waals surface area contributed by atoms with Gasteiger partial charge in [0.2, 0.25) is 0 Å². The maximum Gasteiger partial charge on any atom is 0.0168 e. The normalized spacial score (nSPS) is 28.9. The number of hydrogen-bond acceptors (Lipinski definition) is 2. The average Bonchev–Trinajstić information content (AvgIpc) is 2.39. The molecule has 0 spiro atoms. The molecule has 98 valence electrons. The summed E-state index contributed by atoms with van der Waals surface area (Å²) in [4.78, 5) is 2.58. The molecule has 1 aliphatic heterocycles. The van der Waals surface area contributed by atoms with E-state index in [1.54, 1.807) is 11.1 Å². The highest BCUT2D eigenvalue weighted by Gasteiger charge is 2.24. The van der Waals surface area contributed by atoms with E-state index in [1.807, 2.05) is 0 Å². The van der Waals surface area contributed by atoms with Gasteiger partial charge in [0.05, 0.1) is 0 Å². The number of hydrogen-bond donors (Lipinski definition) is 1. The fourth-order valence-electron chi connectivity index (χ4n) is 3.61. The summed E-state index contributed by atoms with van der Waals surface area (Å²) in [5, 5.41) is 0. The van der Waals surface area contributed by atoms with E-state index in [0.717, 1.165) is 12.5 Å². The zero-order valence-electron chi connectivity index (χ0n) is 11.1. The van der Waals surface area contributed by atoms with Crippen LogP contribution in [0.25, 0.3) is 0 Å². The van der Waals surface area contributed by atoms with Crippen molar-refractivity contribution in [2.24, 2.45) is 5.73 Å². The fraction of sp³-hybridized carbons (Fsp3) is 0.625. The third-order valence-electron chi connectivity index (χ3n) is 4.51. The second-order valence-electron chi connectivity index (χ2n) is 5.95. The van der Waals surface area contributed by atoms with Gasteiger partial charge in [-0.1, -0.05) is 24.3 Å². The van der Waals surface area contributed by atoms with Crippen LogP contribution in [0.2, 0.25) is 0 Å². The lowest BCUT2D eigenvalue weighted by Gasteiger charge is -2.35. The minimum atomic E-state index is 0.401. The van der Waals surface area contributed by atoms with Crippen molar-refractivity contribution >= 4 is 0 Å². The van der Waals surface area contributed by atoms with Gasteiger partial charge in [0.1, 0.15) is 0 Å². The number of benzene rings is 1. The van der Waals surface area contributed by atoms with Crippen LogP contribution in [0.3, 0.4) is 0 Å². The van der Waals surface area contributed by atoms with Gasteiger partial charge in [-0.2, -0.15) is 0 Å². The third-order valence-corrected chi connectivity index (χ3v) is 4.51. The summed E-state index contributed by atoms with van der Waals surface area (Å²) >= 11 is 0. The molecule has 0 amide bonds. The number of fused-ring (bicyclic) bond motifs is 1. The van der Waals surface area contributed by atoms with Crippen molar-refractivity contribution in [1.29, 1.82) is 0 Å². The van der Waals surface area contributed by atoms with Gasteiger partial charge in [-0.25, -0.2) is 0 Å². The maximum atomic E-state index is 6.08. The molecule has 0 bridgehead atoms. The maximum absolute atomic E-state index is 6.08. The second kappa shape index (κ2) is 5.41. The van der Waals surface area contributed by atoms with Crippen molar-refractivity contribution in [1.82, 2.24) is 4.90 Å². The molecule has 0 saturated carbocycles. The average molecular weight is 244 g/mol. The molecule has 18 heavy (non-hydrogen) atoms. The van der Waals surface area contributed by atoms with E-state index >= 15 is 0 Å². The highest BCUT2D eigenvalue weighted by atomic mass is 15.1. The Labute approximate surface area is 110 Å². The van der Waals surface area contributed by atoms with Crippen LogP contribution in [-0.4, -0.2) is 30.6 Å². The van der Waals surface area contributed by atoms with Crippen LogP contribution < -0.4 is 5.73 Å². The van der Waals surface area contributed by atoms with Crippen molar-refractivity contribution in [3.63, 3.8) is 0 Å². The lowest BCUT2D eigenvalue weighted by Crippen LogP contribution is -2.44. The largest absolute Gasteiger partial charge is 0.327 e. The van der Waals surface area contributed by atoms with E-state index in [1.165, 1.54) is 45.2 Å². The first-order valence-corrected chi connectivity index (χ1v) is 7.38. The summed E-state index contributed by atoms with van der Waals surface area (Å²) in [5.74, 6) is 0.736. The van der Waals surface area contributed by atoms with E-state index in [2.05, 4.69) is 29.2 Å². The molecule has 2 aliphatic rings. The van der Waals surface area contributed by atoms with Crippen LogP contribution in [0.15, 0.2) is 24.3 Å². The minimum Gasteiger partial charge on any atom is -0.327 e. The fourth-order valence-corrected chi connectivity index (χ4v) is 3.61. The Morgan fingerprint density at radius 2 is 2.06 bits per heavy atom. The van der Waals surface area contributed by atoms with Crippen LogP contribution in [0.5, 0.6) is 0 Å². The van der Waals surface area contributed by atoms with E-state index < -0.39 is 0 Å². The van der Waals surface area contributed by atoms with Gasteiger partial charge >= 0.3 is 0 Å². The Morgan fingerprint density at radius 3 is 2.94 bits per heavy atom. The molecule has 1 fully saturated rings. The summed E-state index contributed by atoms with van der Waals surface area (Å²) in [6.45, 7) is 3.55. The minimum absolute atomic E-state index is 0.401. The Kier molecular flexibility index (Phi) is 3.67. The molecule has 3 rings (SSSR count). The Bertz CT molecular complexity index is 402. The van der Waals surface area contributed by atoms with Crippen molar-refractivity contribution < 1.29 is 0 Å². The zero-order chi connectivity index (χ0) is 12.4. The Hall–Kier alpha value is -0.860. The van der Waals surface area contributed by atoms with Gasteiger partial charge in [-0.15, -0.1) is 0 Å². The molecule has 2 heteroatoms. The predicted molar refractivity (Wildman–Crippen MR) is 75.8 cm³/mol. The van der Waals surface area contributed by atoms with E-state index in [9.17, 15) is 0 Å². The molecule has 1 saturated heterocycles. The Morgan fingerprint density at radius 1 is 1.17 bits per heavy atom. The summed E-state index contributed by atoms with van der Waals surface area (Å²) in [6, 6.07) is 9.42. The predicted octanol–water partition coefficient (Wildman–Crippen LogP) is 2.53. The first-order valence-electron chi connectivity index (χ1n) is 7.38. The monoisotopic (exact) mass is 244 g/mol. The molecule has 0 aromatic heterocycles. The number of likely N-dealkylation sites (tertiary alicyclic amines) is 1. The zero-order valence-corrected chi connectivity index (χ0v) is 11.1. The summed E-state index contributed by atoms with van der Waals surface area (Å²) in [6.07, 6.45) is 6.45. The van der Waals surface area contributed by atoms with Crippen LogP contribution in [0.1, 0.15) is 42.7 Å². The van der Waals surface area contributed by atoms with E-state index in [4.69, 9.17) is 5.73 Å². The van der Waals surface area contributed by atoms with Gasteiger partial charge in [0.25, 0.3) is 0 Å². The van der Waals surface area contributed by atoms with E-state index in [-0.39, 0.29) is 0 Å². The quantitative estimate of drug-likeness (QED) is 0.866. The van der Waals surface area contributed by atoms with E-state index in [0.29, 0.717) is 6.04 Å². The number of aryl methyl sites for hydroxylation is 1. The van der Waals surface area contributed by atoms with Crippen LogP contribution in [-0.2, 0) is 6.42 Å². The molecule has 1 aromatic rings. The number of piperidine rings is 1. The molecule has 2 atom stereocenters. The molecular formula is C16H24N2. The van der Waals surface area contributed by atoms with Gasteiger partial charge in [-0.05, 0) is 55.7 Å². The van der Waals surface area contributed by atoms with Gasteiger partial charge in [0.15, 0.2) is 0 Å². The van der Waals surface area contributed by atoms with Crippen LogP contribution in [0, 0.1) is 0 Å². The molecule has 0 radical (unpaired) electrons. The topological polar surface area (TPSA) is 29.3 Å². The Balaban J connectivity index is 1.70. The highest BCUT2D eigenvalue weighted by molar-refractivity contribution is 5.32. The first kappa shape index (κ1) is 12.2. The summed E-state index contributed by atoms with van der Waals surface area (Å²) in [5.41, 5.74) is 9.26. The lowest BCUT2D eigenvalue weighted by atomic mass is 9.82. The van der Waals surface area contributed by atoms with Crippen molar-refractivity contribution in [2.45, 2.75) is 44.1 Å². The molecule has 1 heterocycles. The smallest absolute Gasteiger partial charge is 0.0168 e. The summed E-state index contributed by atoms with van der Waals surface area (Å²) < 4.78 is 0. The molecular weight excluding hydrogens is 220 g/mol. The lowest BCUT2D eigenvalue weighted by molar-refractivity contribution is 0.192. The number of nitrogens with two attached hydrogens (primary N) is 1. The van der Waals surface area contributed by atoms with Gasteiger partial charge in [0, 0.05) is 19.1 Å². The van der Waals surface area contributed by atoms with Crippen LogP contribution >= 0.6 is 0 Å². The first-order chi connectivity index (χ1) is 8.83. The molecule has 1 aliphatic carbocycles. The highest BCUT2D eigenvalue weighted by Crippen LogP contribution is 2.32. The standard InChI is InChI=1S/C16H24N2/c17-15-8-4-10-18(12-15)11-14-7-3-6-13-5-1-2-9-16(13)14/h1-2,5,9,14-15H,3-4,6-8,10-12,17H2/t14?,15-/m1/s1. The van der Waals surface area contributed by atoms with Gasteiger partial charge < -0.3 is 10.6 Å². The van der Waals surface area contributed by atoms with Gasteiger partial charge in [-0.3, -0.25) is 0 Å². The van der Waals surface area contributed by atoms with Crippen molar-refractivity contribution in [3.05, 3.63) is 35.4 Å². The second-order valence-corrected chi connectivity index (χ2v) is 5.95. The number of nitrogens with zero attached hydrogens (tertiary/aromatic N) is 1. The molecule has 2 nitrogen and oxygen atoms in total. The van der Waals surface area contributed by atoms with Crippen molar-refractivity contribution in [2.75, 3.05) is 19.6 Å². The third kappa shape index (κ3) is 2.60. The molecule has 1 aromatic carbocycles. The SMILES string of the molecule is N[C@@H]1CCCN(CC2CCCc3ccccc32)C1. The van der Waals surface area contributed by atoms with Crippen molar-refractivity contribution in [3.8, 4) is 0 Å². The van der Waals surface area contributed by atoms with Crippen LogP contribution in [0.4, 0.5) is 0 Å². The molecule has 1 unspecified atom stereocenters.